The topological polar surface area (TPSA) is 32.3 Å². The van der Waals surface area contributed by atoms with Crippen LogP contribution in [0.15, 0.2) is 60.7 Å². The maximum atomic E-state index is 12.3. The number of rotatable bonds is 7. The van der Waals surface area contributed by atoms with E-state index in [1.807, 2.05) is 60.4 Å². The summed E-state index contributed by atoms with van der Waals surface area (Å²) in [7, 11) is 0. The normalized spacial score (nSPS) is 10.1. The number of carbonyl (C=O) groups excluding carboxylic acids is 1. The van der Waals surface area contributed by atoms with Crippen LogP contribution in [0.4, 0.5) is 5.69 Å². The lowest BCUT2D eigenvalue weighted by molar-refractivity contribution is -0.131. The minimum Gasteiger partial charge on any atom is -0.385 e. The summed E-state index contributed by atoms with van der Waals surface area (Å²) in [5.74, 6) is 0.185. The van der Waals surface area contributed by atoms with Gasteiger partial charge in [-0.15, -0.1) is 0 Å². The van der Waals surface area contributed by atoms with Gasteiger partial charge in [0.2, 0.25) is 5.91 Å². The maximum absolute atomic E-state index is 12.3. The van der Waals surface area contributed by atoms with Crippen LogP contribution >= 0.6 is 0 Å². The van der Waals surface area contributed by atoms with E-state index < -0.39 is 0 Å². The summed E-state index contributed by atoms with van der Waals surface area (Å²) >= 11 is 0. The first-order valence-electron chi connectivity index (χ1n) is 7.40. The molecule has 0 saturated carbocycles. The Bertz CT molecular complexity index is 540. The molecule has 0 aliphatic carbocycles. The second kappa shape index (κ2) is 8.10. The number of nitrogens with zero attached hydrogens (tertiary/aromatic N) is 1. The van der Waals surface area contributed by atoms with Crippen LogP contribution in [0.5, 0.6) is 0 Å². The number of carbonyl (C=O) groups is 1. The molecule has 0 unspecified atom stereocenters. The van der Waals surface area contributed by atoms with E-state index in [0.29, 0.717) is 19.5 Å². The Morgan fingerprint density at radius 3 is 2.24 bits per heavy atom. The summed E-state index contributed by atoms with van der Waals surface area (Å²) in [5.41, 5.74) is 2.22. The van der Waals surface area contributed by atoms with Crippen LogP contribution in [-0.2, 0) is 11.3 Å². The predicted molar refractivity (Wildman–Crippen MR) is 87.1 cm³/mol. The van der Waals surface area contributed by atoms with Gasteiger partial charge >= 0.3 is 0 Å². The number of amides is 1. The van der Waals surface area contributed by atoms with Gasteiger partial charge in [-0.3, -0.25) is 4.79 Å². The first kappa shape index (κ1) is 15.1. The Kier molecular flexibility index (Phi) is 5.83. The first-order valence-corrected chi connectivity index (χ1v) is 7.40. The fourth-order valence-electron chi connectivity index (χ4n) is 2.21. The van der Waals surface area contributed by atoms with E-state index in [9.17, 15) is 4.79 Å². The van der Waals surface area contributed by atoms with E-state index in [0.717, 1.165) is 12.2 Å². The fraction of sp³-hybridized carbons (Fsp3) is 0.278. The monoisotopic (exact) mass is 282 g/mol. The van der Waals surface area contributed by atoms with Gasteiger partial charge in [0.25, 0.3) is 0 Å². The standard InChI is InChI=1S/C18H22N2O/c1-2-20(15-16-9-5-3-6-10-16)18(21)13-14-19-17-11-7-4-8-12-17/h3-12,19H,2,13-15H2,1H3. The zero-order valence-corrected chi connectivity index (χ0v) is 12.5. The molecule has 0 atom stereocenters. The van der Waals surface area contributed by atoms with E-state index in [-0.39, 0.29) is 5.91 Å². The third kappa shape index (κ3) is 4.95. The van der Waals surface area contributed by atoms with Gasteiger partial charge in [0.15, 0.2) is 0 Å². The molecule has 0 aliphatic heterocycles. The summed E-state index contributed by atoms with van der Waals surface area (Å²) < 4.78 is 0. The second-order valence-electron chi connectivity index (χ2n) is 4.94. The highest BCUT2D eigenvalue weighted by molar-refractivity contribution is 5.76. The van der Waals surface area contributed by atoms with Gasteiger partial charge < -0.3 is 10.2 Å². The van der Waals surface area contributed by atoms with Gasteiger partial charge in [-0.25, -0.2) is 0 Å². The molecule has 1 N–H and O–H groups in total. The Hall–Kier alpha value is -2.29. The Labute approximate surface area is 126 Å². The van der Waals surface area contributed by atoms with Crippen LogP contribution in [-0.4, -0.2) is 23.9 Å². The van der Waals surface area contributed by atoms with Crippen molar-refractivity contribution in [1.29, 1.82) is 0 Å². The van der Waals surface area contributed by atoms with Crippen molar-refractivity contribution < 1.29 is 4.79 Å². The summed E-state index contributed by atoms with van der Waals surface area (Å²) in [6.45, 7) is 4.10. The lowest BCUT2D eigenvalue weighted by atomic mass is 10.2. The van der Waals surface area contributed by atoms with E-state index in [4.69, 9.17) is 0 Å². The third-order valence-corrected chi connectivity index (χ3v) is 3.39. The van der Waals surface area contributed by atoms with Crippen LogP contribution in [0.25, 0.3) is 0 Å². The summed E-state index contributed by atoms with van der Waals surface area (Å²) in [4.78, 5) is 14.1. The van der Waals surface area contributed by atoms with Gasteiger partial charge in [-0.1, -0.05) is 48.5 Å². The number of hydrogen-bond donors (Lipinski definition) is 1. The fourth-order valence-corrected chi connectivity index (χ4v) is 2.21. The average molecular weight is 282 g/mol. The molecular weight excluding hydrogens is 260 g/mol. The molecule has 3 heteroatoms. The van der Waals surface area contributed by atoms with Crippen molar-refractivity contribution in [3.63, 3.8) is 0 Å². The van der Waals surface area contributed by atoms with E-state index in [2.05, 4.69) is 17.4 Å². The van der Waals surface area contributed by atoms with Crippen molar-refractivity contribution in [3.05, 3.63) is 66.2 Å². The molecule has 110 valence electrons. The maximum Gasteiger partial charge on any atom is 0.224 e. The number of benzene rings is 2. The van der Waals surface area contributed by atoms with Crippen molar-refractivity contribution >= 4 is 11.6 Å². The molecule has 21 heavy (non-hydrogen) atoms. The highest BCUT2D eigenvalue weighted by atomic mass is 16.2. The molecule has 3 nitrogen and oxygen atoms in total. The quantitative estimate of drug-likeness (QED) is 0.842. The average Bonchev–Trinajstić information content (AvgIpc) is 2.54. The van der Waals surface area contributed by atoms with Crippen LogP contribution in [0.1, 0.15) is 18.9 Å². The second-order valence-corrected chi connectivity index (χ2v) is 4.94. The molecule has 0 radical (unpaired) electrons. The molecular formula is C18H22N2O. The molecule has 2 aromatic rings. The molecule has 0 spiro atoms. The van der Waals surface area contributed by atoms with E-state index in [1.165, 1.54) is 5.56 Å². The van der Waals surface area contributed by atoms with Crippen LogP contribution < -0.4 is 5.32 Å². The van der Waals surface area contributed by atoms with Crippen LogP contribution in [0.2, 0.25) is 0 Å². The number of nitrogens with one attached hydrogen (secondary N) is 1. The largest absolute Gasteiger partial charge is 0.385 e. The highest BCUT2D eigenvalue weighted by Crippen LogP contribution is 2.08. The zero-order chi connectivity index (χ0) is 14.9. The molecule has 0 heterocycles. The van der Waals surface area contributed by atoms with Crippen molar-refractivity contribution in [2.45, 2.75) is 19.9 Å². The van der Waals surface area contributed by atoms with E-state index in [1.54, 1.807) is 0 Å². The minimum atomic E-state index is 0.185. The van der Waals surface area contributed by atoms with Crippen molar-refractivity contribution in [2.24, 2.45) is 0 Å². The lowest BCUT2D eigenvalue weighted by Gasteiger charge is -2.21. The first-order chi connectivity index (χ1) is 10.3. The van der Waals surface area contributed by atoms with Crippen molar-refractivity contribution in [1.82, 2.24) is 4.90 Å². The van der Waals surface area contributed by atoms with Gasteiger partial charge in [-0.2, -0.15) is 0 Å². The van der Waals surface area contributed by atoms with E-state index >= 15 is 0 Å². The zero-order valence-electron chi connectivity index (χ0n) is 12.5. The number of anilines is 1. The van der Waals surface area contributed by atoms with Crippen molar-refractivity contribution in [2.75, 3.05) is 18.4 Å². The van der Waals surface area contributed by atoms with Crippen LogP contribution in [0.3, 0.4) is 0 Å². The minimum absolute atomic E-state index is 0.185. The predicted octanol–water partition coefficient (Wildman–Crippen LogP) is 3.54. The molecule has 1 amide bonds. The highest BCUT2D eigenvalue weighted by Gasteiger charge is 2.11. The molecule has 0 aliphatic rings. The summed E-state index contributed by atoms with van der Waals surface area (Å²) in [6, 6.07) is 20.1. The van der Waals surface area contributed by atoms with Crippen molar-refractivity contribution in [3.8, 4) is 0 Å². The smallest absolute Gasteiger partial charge is 0.224 e. The number of para-hydroxylation sites is 1. The molecule has 2 aromatic carbocycles. The Morgan fingerprint density at radius 2 is 1.62 bits per heavy atom. The molecule has 2 rings (SSSR count). The molecule has 0 saturated heterocycles. The van der Waals surface area contributed by atoms with Gasteiger partial charge in [0, 0.05) is 31.7 Å². The van der Waals surface area contributed by atoms with Crippen LogP contribution in [0, 0.1) is 0 Å². The Balaban J connectivity index is 1.80. The molecule has 0 fully saturated rings. The SMILES string of the molecule is CCN(Cc1ccccc1)C(=O)CCNc1ccccc1. The summed E-state index contributed by atoms with van der Waals surface area (Å²) in [5, 5.41) is 3.27. The van der Waals surface area contributed by atoms with Gasteiger partial charge in [0.05, 0.1) is 0 Å². The Morgan fingerprint density at radius 1 is 1.00 bits per heavy atom. The summed E-state index contributed by atoms with van der Waals surface area (Å²) in [6.07, 6.45) is 0.509. The third-order valence-electron chi connectivity index (χ3n) is 3.39. The van der Waals surface area contributed by atoms with Gasteiger partial charge in [-0.05, 0) is 24.6 Å². The number of hydrogen-bond acceptors (Lipinski definition) is 2. The molecule has 0 bridgehead atoms. The lowest BCUT2D eigenvalue weighted by Crippen LogP contribution is -2.31. The molecule has 0 aromatic heterocycles. The van der Waals surface area contributed by atoms with Gasteiger partial charge in [0.1, 0.15) is 0 Å².